The molecule has 20 heavy (non-hydrogen) atoms. The van der Waals surface area contributed by atoms with Crippen LogP contribution in [0.3, 0.4) is 0 Å². The Hall–Kier alpha value is -1.95. The number of non-ortho nitro benzene ring substituents is 1. The zero-order chi connectivity index (χ0) is 14.3. The fraction of sp³-hybridized carbons (Fsp3) is 0.500. The number of nitrogens with one attached hydrogen (secondary N) is 1. The van der Waals surface area contributed by atoms with Gasteiger partial charge in [0.05, 0.1) is 11.0 Å². The van der Waals surface area contributed by atoms with Crippen molar-refractivity contribution in [1.29, 1.82) is 0 Å². The zero-order valence-electron chi connectivity index (χ0n) is 11.3. The van der Waals surface area contributed by atoms with E-state index in [1.54, 1.807) is 12.1 Å². The molecule has 2 atom stereocenters. The van der Waals surface area contributed by atoms with Gasteiger partial charge in [0, 0.05) is 18.2 Å². The first-order chi connectivity index (χ1) is 9.58. The van der Waals surface area contributed by atoms with Crippen molar-refractivity contribution in [2.24, 2.45) is 0 Å². The quantitative estimate of drug-likeness (QED) is 0.676. The van der Waals surface area contributed by atoms with Crippen molar-refractivity contribution in [3.05, 3.63) is 39.9 Å². The lowest BCUT2D eigenvalue weighted by molar-refractivity contribution is -0.385. The monoisotopic (exact) mass is 275 g/mol. The van der Waals surface area contributed by atoms with E-state index >= 15 is 0 Å². The lowest BCUT2D eigenvalue weighted by Crippen LogP contribution is -2.43. The van der Waals surface area contributed by atoms with Crippen LogP contribution in [0.1, 0.15) is 37.9 Å². The Morgan fingerprint density at radius 3 is 2.75 bits per heavy atom. The Labute approximate surface area is 116 Å². The highest BCUT2D eigenvalue weighted by atomic mass is 16.6. The number of nitrogens with zero attached hydrogens (tertiary/aromatic N) is 2. The van der Waals surface area contributed by atoms with Gasteiger partial charge >= 0.3 is 0 Å². The summed E-state index contributed by atoms with van der Waals surface area (Å²) in [5.41, 5.74) is 0.841. The van der Waals surface area contributed by atoms with E-state index in [2.05, 4.69) is 5.32 Å². The number of benzene rings is 1. The molecule has 2 unspecified atom stereocenters. The summed E-state index contributed by atoms with van der Waals surface area (Å²) in [6.07, 6.45) is 2.93. The van der Waals surface area contributed by atoms with Gasteiger partial charge < -0.3 is 4.90 Å². The summed E-state index contributed by atoms with van der Waals surface area (Å²) in [5, 5.41) is 14.1. The Balaban J connectivity index is 1.93. The molecule has 6 heteroatoms. The fourth-order valence-electron chi connectivity index (χ4n) is 2.86. The highest BCUT2D eigenvalue weighted by Crippen LogP contribution is 2.35. The third-order valence-corrected chi connectivity index (χ3v) is 4.18. The van der Waals surface area contributed by atoms with E-state index in [9.17, 15) is 14.9 Å². The molecule has 1 saturated heterocycles. The Morgan fingerprint density at radius 1 is 1.40 bits per heavy atom. The van der Waals surface area contributed by atoms with Crippen molar-refractivity contribution in [2.75, 3.05) is 0 Å². The molecule has 1 aliphatic carbocycles. The van der Waals surface area contributed by atoms with Gasteiger partial charge in [-0.3, -0.25) is 20.2 Å². The van der Waals surface area contributed by atoms with E-state index in [1.165, 1.54) is 6.07 Å². The summed E-state index contributed by atoms with van der Waals surface area (Å²) < 4.78 is 0. The smallest absolute Gasteiger partial charge is 0.269 e. The Bertz CT molecular complexity index is 556. The van der Waals surface area contributed by atoms with Gasteiger partial charge in [-0.2, -0.15) is 0 Å². The summed E-state index contributed by atoms with van der Waals surface area (Å²) in [5.74, 6) is 0.0891. The van der Waals surface area contributed by atoms with Gasteiger partial charge in [-0.05, 0) is 31.7 Å². The molecule has 1 aromatic rings. The normalized spacial score (nSPS) is 26.6. The predicted molar refractivity (Wildman–Crippen MR) is 72.9 cm³/mol. The summed E-state index contributed by atoms with van der Waals surface area (Å²) in [4.78, 5) is 24.6. The van der Waals surface area contributed by atoms with Crippen LogP contribution >= 0.6 is 0 Å². The van der Waals surface area contributed by atoms with Gasteiger partial charge in [-0.15, -0.1) is 0 Å². The first-order valence-electron chi connectivity index (χ1n) is 6.90. The summed E-state index contributed by atoms with van der Waals surface area (Å²) in [6.45, 7) is 1.84. The Morgan fingerprint density at radius 2 is 2.15 bits per heavy atom. The standard InChI is InChI=1S/C14H17N3O3/c1-9-14(18)16(11-5-3-6-11)13(15-9)10-4-2-7-12(8-10)17(19)20/h2,4,7-9,11,13,15H,3,5-6H2,1H3. The highest BCUT2D eigenvalue weighted by Gasteiger charge is 2.43. The van der Waals surface area contributed by atoms with Crippen LogP contribution < -0.4 is 5.32 Å². The minimum atomic E-state index is -0.405. The number of rotatable bonds is 3. The summed E-state index contributed by atoms with van der Waals surface area (Å²) >= 11 is 0. The molecule has 2 aliphatic rings. The molecule has 1 saturated carbocycles. The van der Waals surface area contributed by atoms with E-state index < -0.39 is 4.92 Å². The molecular formula is C14H17N3O3. The van der Waals surface area contributed by atoms with Gasteiger partial charge in [0.15, 0.2) is 0 Å². The van der Waals surface area contributed by atoms with E-state index in [0.29, 0.717) is 0 Å². The SMILES string of the molecule is CC1NC(c2cccc([N+](=O)[O-])c2)N(C2CCC2)C1=O. The zero-order valence-corrected chi connectivity index (χ0v) is 11.3. The van der Waals surface area contributed by atoms with Crippen LogP contribution in [0.25, 0.3) is 0 Å². The minimum absolute atomic E-state index is 0.0601. The molecule has 106 valence electrons. The number of nitro groups is 1. The molecule has 2 fully saturated rings. The molecule has 3 rings (SSSR count). The minimum Gasteiger partial charge on any atom is -0.319 e. The van der Waals surface area contributed by atoms with Crippen LogP contribution in [-0.2, 0) is 4.79 Å². The number of carbonyl (C=O) groups is 1. The van der Waals surface area contributed by atoms with Crippen molar-refractivity contribution in [3.8, 4) is 0 Å². The molecule has 0 aromatic heterocycles. The van der Waals surface area contributed by atoms with Gasteiger partial charge in [0.25, 0.3) is 5.69 Å². The van der Waals surface area contributed by atoms with Crippen LogP contribution in [0, 0.1) is 10.1 Å². The molecule has 1 aliphatic heterocycles. The van der Waals surface area contributed by atoms with Crippen molar-refractivity contribution in [3.63, 3.8) is 0 Å². The van der Waals surface area contributed by atoms with Crippen LogP contribution in [0.5, 0.6) is 0 Å². The van der Waals surface area contributed by atoms with Crippen LogP contribution in [0.15, 0.2) is 24.3 Å². The number of nitro benzene ring substituents is 1. The molecule has 0 spiro atoms. The number of amides is 1. The molecule has 1 aromatic carbocycles. The predicted octanol–water partition coefficient (Wildman–Crippen LogP) is 1.97. The first-order valence-corrected chi connectivity index (χ1v) is 6.90. The number of hydrogen-bond acceptors (Lipinski definition) is 4. The second-order valence-electron chi connectivity index (χ2n) is 5.47. The molecule has 1 N–H and O–H groups in total. The number of carbonyl (C=O) groups excluding carboxylic acids is 1. The third kappa shape index (κ3) is 2.06. The van der Waals surface area contributed by atoms with E-state index in [-0.39, 0.29) is 29.8 Å². The lowest BCUT2D eigenvalue weighted by Gasteiger charge is -2.38. The second kappa shape index (κ2) is 4.86. The molecule has 1 heterocycles. The summed E-state index contributed by atoms with van der Waals surface area (Å²) in [7, 11) is 0. The van der Waals surface area contributed by atoms with Crippen molar-refractivity contribution in [1.82, 2.24) is 10.2 Å². The molecule has 6 nitrogen and oxygen atoms in total. The van der Waals surface area contributed by atoms with Gasteiger partial charge in [0.1, 0.15) is 6.17 Å². The van der Waals surface area contributed by atoms with Crippen LogP contribution in [-0.4, -0.2) is 27.8 Å². The molecule has 1 amide bonds. The maximum absolute atomic E-state index is 12.3. The van der Waals surface area contributed by atoms with Crippen LogP contribution in [0.2, 0.25) is 0 Å². The topological polar surface area (TPSA) is 75.5 Å². The second-order valence-corrected chi connectivity index (χ2v) is 5.47. The maximum atomic E-state index is 12.3. The van der Waals surface area contributed by atoms with E-state index in [0.717, 1.165) is 24.8 Å². The lowest BCUT2D eigenvalue weighted by atomic mass is 9.90. The van der Waals surface area contributed by atoms with Gasteiger partial charge in [-0.25, -0.2) is 0 Å². The number of hydrogen-bond donors (Lipinski definition) is 1. The van der Waals surface area contributed by atoms with Gasteiger partial charge in [-0.1, -0.05) is 12.1 Å². The molecule has 0 radical (unpaired) electrons. The van der Waals surface area contributed by atoms with Crippen molar-refractivity contribution >= 4 is 11.6 Å². The van der Waals surface area contributed by atoms with Crippen LogP contribution in [0.4, 0.5) is 5.69 Å². The third-order valence-electron chi connectivity index (χ3n) is 4.18. The highest BCUT2D eigenvalue weighted by molar-refractivity contribution is 5.84. The van der Waals surface area contributed by atoms with E-state index in [4.69, 9.17) is 0 Å². The van der Waals surface area contributed by atoms with Crippen molar-refractivity contribution in [2.45, 2.75) is 44.4 Å². The fourth-order valence-corrected chi connectivity index (χ4v) is 2.86. The summed E-state index contributed by atoms with van der Waals surface area (Å²) in [6, 6.07) is 6.55. The Kier molecular flexibility index (Phi) is 3.17. The first kappa shape index (κ1) is 13.1. The van der Waals surface area contributed by atoms with Gasteiger partial charge in [0.2, 0.25) is 5.91 Å². The van der Waals surface area contributed by atoms with Crippen molar-refractivity contribution < 1.29 is 9.72 Å². The maximum Gasteiger partial charge on any atom is 0.269 e. The average Bonchev–Trinajstić information content (AvgIpc) is 2.66. The molecule has 0 bridgehead atoms. The average molecular weight is 275 g/mol. The largest absolute Gasteiger partial charge is 0.319 e. The molecular weight excluding hydrogens is 258 g/mol. The van der Waals surface area contributed by atoms with E-state index in [1.807, 2.05) is 17.9 Å².